The van der Waals surface area contributed by atoms with Crippen molar-refractivity contribution in [1.29, 1.82) is 0 Å². The Morgan fingerprint density at radius 3 is 1.68 bits per heavy atom. The number of allylic oxidation sites excluding steroid dienone is 5. The number of nitrogens with zero attached hydrogens (tertiary/aromatic N) is 1. The van der Waals surface area contributed by atoms with E-state index in [1.54, 1.807) is 0 Å². The van der Waals surface area contributed by atoms with Gasteiger partial charge in [0, 0.05) is 6.54 Å². The minimum Gasteiger partial charge on any atom is -0.303 e. The lowest BCUT2D eigenvalue weighted by Crippen LogP contribution is -2.34. The molecule has 2 aromatic rings. The second-order valence-corrected chi connectivity index (χ2v) is 8.51. The first-order valence-corrected chi connectivity index (χ1v) is 13.4. The van der Waals surface area contributed by atoms with Crippen LogP contribution < -0.4 is 0 Å². The van der Waals surface area contributed by atoms with Crippen molar-refractivity contribution in [3.05, 3.63) is 108 Å². The van der Waals surface area contributed by atoms with E-state index in [-0.39, 0.29) is 0 Å². The van der Waals surface area contributed by atoms with Gasteiger partial charge in [-0.25, -0.2) is 0 Å². The summed E-state index contributed by atoms with van der Waals surface area (Å²) in [5.74, 6) is 1.01. The molecule has 1 saturated heterocycles. The average Bonchev–Trinajstić information content (AvgIpc) is 2.88. The first-order valence-electron chi connectivity index (χ1n) is 13.4. The summed E-state index contributed by atoms with van der Waals surface area (Å²) in [6.07, 6.45) is 19.5. The third-order valence-corrected chi connectivity index (χ3v) is 5.56. The predicted molar refractivity (Wildman–Crippen MR) is 155 cm³/mol. The largest absolute Gasteiger partial charge is 0.303 e. The Morgan fingerprint density at radius 1 is 0.765 bits per heavy atom. The lowest BCUT2D eigenvalue weighted by molar-refractivity contribution is 0.181. The fraction of sp³-hybridized carbons (Fsp3) is 0.455. The molecule has 0 aromatic heterocycles. The van der Waals surface area contributed by atoms with Crippen molar-refractivity contribution >= 4 is 0 Å². The van der Waals surface area contributed by atoms with Crippen LogP contribution in [-0.2, 0) is 0 Å². The highest BCUT2D eigenvalue weighted by atomic mass is 15.1. The van der Waals surface area contributed by atoms with Gasteiger partial charge in [-0.05, 0) is 59.0 Å². The standard InChI is InChI=1S/C17H29N.2C7H8.C2H6/c1-3-5-6-7-8-9-10-14-18-15-12-17(11-4-2)13-16-18;2*1-7-5-3-2-4-6-7;1-2/h3,5-9,17H,4,10-16H2,1-2H3;2*2-6H,1H3;1-2H3/b5-3+,7-6-,9-8-;;;. The zero-order chi connectivity index (χ0) is 25.3. The smallest absolute Gasteiger partial charge is 0.00160 e. The van der Waals surface area contributed by atoms with E-state index >= 15 is 0 Å². The maximum absolute atomic E-state index is 2.62. The summed E-state index contributed by atoms with van der Waals surface area (Å²) in [4.78, 5) is 2.62. The van der Waals surface area contributed by atoms with Crippen molar-refractivity contribution < 1.29 is 0 Å². The molecule has 34 heavy (non-hydrogen) atoms. The second-order valence-electron chi connectivity index (χ2n) is 8.51. The molecular formula is C33H51N. The minimum absolute atomic E-state index is 1.01. The molecule has 0 saturated carbocycles. The number of likely N-dealkylation sites (tertiary alicyclic amines) is 1. The van der Waals surface area contributed by atoms with Crippen LogP contribution in [0.25, 0.3) is 0 Å². The third-order valence-electron chi connectivity index (χ3n) is 5.56. The SMILES string of the molecule is C/C=C/C=C\C=C/CCN1CCC(CCC)CC1.CC.Cc1ccccc1.Cc1ccccc1. The van der Waals surface area contributed by atoms with Crippen LogP contribution >= 0.6 is 0 Å². The maximum Gasteiger partial charge on any atom is 0.00160 e. The van der Waals surface area contributed by atoms with Crippen LogP contribution in [0.2, 0.25) is 0 Å². The van der Waals surface area contributed by atoms with Crippen molar-refractivity contribution in [3.8, 4) is 0 Å². The van der Waals surface area contributed by atoms with Gasteiger partial charge in [-0.2, -0.15) is 0 Å². The molecule has 188 valence electrons. The summed E-state index contributed by atoms with van der Waals surface area (Å²) >= 11 is 0. The Morgan fingerprint density at radius 2 is 1.26 bits per heavy atom. The lowest BCUT2D eigenvalue weighted by Gasteiger charge is -2.31. The Balaban J connectivity index is 0.000000553. The van der Waals surface area contributed by atoms with Gasteiger partial charge in [0.2, 0.25) is 0 Å². The molecule has 3 rings (SSSR count). The fourth-order valence-electron chi connectivity index (χ4n) is 3.65. The van der Waals surface area contributed by atoms with Gasteiger partial charge in [-0.15, -0.1) is 0 Å². The Bertz CT molecular complexity index is 697. The fourth-order valence-corrected chi connectivity index (χ4v) is 3.65. The zero-order valence-corrected chi connectivity index (χ0v) is 22.9. The van der Waals surface area contributed by atoms with Gasteiger partial charge in [0.15, 0.2) is 0 Å². The lowest BCUT2D eigenvalue weighted by atomic mass is 9.92. The molecule has 0 atom stereocenters. The molecule has 1 heteroatoms. The monoisotopic (exact) mass is 461 g/mol. The van der Waals surface area contributed by atoms with Gasteiger partial charge in [0.05, 0.1) is 0 Å². The molecule has 0 radical (unpaired) electrons. The molecule has 0 aliphatic carbocycles. The molecule has 1 heterocycles. The maximum atomic E-state index is 2.62. The zero-order valence-electron chi connectivity index (χ0n) is 22.9. The predicted octanol–water partition coefficient (Wildman–Crippen LogP) is 9.59. The number of benzene rings is 2. The normalized spacial score (nSPS) is 14.2. The molecule has 0 amide bonds. The minimum atomic E-state index is 1.01. The quantitative estimate of drug-likeness (QED) is 0.371. The summed E-state index contributed by atoms with van der Waals surface area (Å²) in [7, 11) is 0. The van der Waals surface area contributed by atoms with Crippen molar-refractivity contribution in [2.75, 3.05) is 19.6 Å². The molecule has 1 aliphatic heterocycles. The van der Waals surface area contributed by atoms with E-state index in [9.17, 15) is 0 Å². The van der Waals surface area contributed by atoms with Crippen molar-refractivity contribution in [3.63, 3.8) is 0 Å². The summed E-state index contributed by atoms with van der Waals surface area (Å²) in [5.41, 5.74) is 2.64. The van der Waals surface area contributed by atoms with Crippen LogP contribution in [0.15, 0.2) is 97.1 Å². The first kappa shape index (κ1) is 31.6. The highest BCUT2D eigenvalue weighted by Gasteiger charge is 2.17. The van der Waals surface area contributed by atoms with Crippen LogP contribution in [0.5, 0.6) is 0 Å². The molecule has 0 bridgehead atoms. The number of hydrogen-bond donors (Lipinski definition) is 0. The Kier molecular flexibility index (Phi) is 22.1. The van der Waals surface area contributed by atoms with Crippen molar-refractivity contribution in [1.82, 2.24) is 4.90 Å². The molecule has 1 nitrogen and oxygen atoms in total. The summed E-state index contributed by atoms with van der Waals surface area (Å²) in [6, 6.07) is 20.5. The van der Waals surface area contributed by atoms with Gasteiger partial charge < -0.3 is 4.90 Å². The van der Waals surface area contributed by atoms with E-state index in [4.69, 9.17) is 0 Å². The van der Waals surface area contributed by atoms with E-state index in [0.717, 1.165) is 5.92 Å². The van der Waals surface area contributed by atoms with Crippen molar-refractivity contribution in [2.24, 2.45) is 5.92 Å². The highest BCUT2D eigenvalue weighted by molar-refractivity contribution is 5.12. The van der Waals surface area contributed by atoms with Crippen molar-refractivity contribution in [2.45, 2.75) is 73.6 Å². The van der Waals surface area contributed by atoms with E-state index < -0.39 is 0 Å². The molecule has 1 aliphatic rings. The Labute approximate surface area is 212 Å². The third kappa shape index (κ3) is 19.1. The van der Waals surface area contributed by atoms with Crippen LogP contribution in [0.3, 0.4) is 0 Å². The molecule has 2 aromatic carbocycles. The molecule has 0 unspecified atom stereocenters. The second kappa shape index (κ2) is 23.8. The van der Waals surface area contributed by atoms with Gasteiger partial charge in [0.25, 0.3) is 0 Å². The molecule has 0 spiro atoms. The number of aryl methyl sites for hydroxylation is 2. The number of piperidine rings is 1. The van der Waals surface area contributed by atoms with Crippen LogP contribution in [0, 0.1) is 19.8 Å². The first-order chi connectivity index (χ1) is 16.7. The topological polar surface area (TPSA) is 3.24 Å². The number of hydrogen-bond acceptors (Lipinski definition) is 1. The molecule has 1 fully saturated rings. The van der Waals surface area contributed by atoms with E-state index in [2.05, 4.69) is 80.3 Å². The van der Waals surface area contributed by atoms with Gasteiger partial charge >= 0.3 is 0 Å². The van der Waals surface area contributed by atoms with Gasteiger partial charge in [0.1, 0.15) is 0 Å². The van der Waals surface area contributed by atoms with E-state index in [0.29, 0.717) is 0 Å². The van der Waals surface area contributed by atoms with E-state index in [1.165, 1.54) is 62.9 Å². The average molecular weight is 462 g/mol. The van der Waals surface area contributed by atoms with Crippen LogP contribution in [0.4, 0.5) is 0 Å². The summed E-state index contributed by atoms with van der Waals surface area (Å²) in [6.45, 7) is 16.4. The molecular weight excluding hydrogens is 410 g/mol. The highest BCUT2D eigenvalue weighted by Crippen LogP contribution is 2.21. The molecule has 0 N–H and O–H groups in total. The van der Waals surface area contributed by atoms with Crippen LogP contribution in [0.1, 0.15) is 70.9 Å². The van der Waals surface area contributed by atoms with Gasteiger partial charge in [-0.1, -0.05) is 142 Å². The van der Waals surface area contributed by atoms with Crippen LogP contribution in [-0.4, -0.2) is 24.5 Å². The van der Waals surface area contributed by atoms with E-state index in [1.807, 2.05) is 63.2 Å². The summed E-state index contributed by atoms with van der Waals surface area (Å²) < 4.78 is 0. The van der Waals surface area contributed by atoms with Gasteiger partial charge in [-0.3, -0.25) is 0 Å². The number of rotatable bonds is 7. The Hall–Kier alpha value is -2.38. The summed E-state index contributed by atoms with van der Waals surface area (Å²) in [5, 5.41) is 0.